The summed E-state index contributed by atoms with van der Waals surface area (Å²) >= 11 is 0. The Labute approximate surface area is 114 Å². The standard InChI is InChI=1S/C18H32/c1-2-3-10-18-16-11-6-4-8-14(16)13-15-9-5-7-12-17(15)18/h14-18H,2-13H2,1H3. The molecular weight excluding hydrogens is 216 g/mol. The Morgan fingerprint density at radius 1 is 0.778 bits per heavy atom. The van der Waals surface area contributed by atoms with Crippen molar-refractivity contribution in [1.29, 1.82) is 0 Å². The van der Waals surface area contributed by atoms with Gasteiger partial charge in [0.2, 0.25) is 0 Å². The van der Waals surface area contributed by atoms with E-state index in [0.29, 0.717) is 0 Å². The highest BCUT2D eigenvalue weighted by Crippen LogP contribution is 2.54. The number of unbranched alkanes of at least 4 members (excludes halogenated alkanes) is 1. The Kier molecular flexibility index (Phi) is 4.31. The van der Waals surface area contributed by atoms with E-state index in [2.05, 4.69) is 6.92 Å². The van der Waals surface area contributed by atoms with Gasteiger partial charge < -0.3 is 0 Å². The molecule has 0 aromatic carbocycles. The van der Waals surface area contributed by atoms with Crippen LogP contribution in [0.1, 0.15) is 84.0 Å². The van der Waals surface area contributed by atoms with Crippen LogP contribution in [0.15, 0.2) is 0 Å². The molecule has 0 bridgehead atoms. The normalized spacial score (nSPS) is 44.2. The lowest BCUT2D eigenvalue weighted by Gasteiger charge is -2.51. The minimum atomic E-state index is 1.13. The second kappa shape index (κ2) is 5.97. The quantitative estimate of drug-likeness (QED) is 0.591. The first-order chi connectivity index (χ1) is 8.90. The topological polar surface area (TPSA) is 0 Å². The molecule has 0 heterocycles. The molecule has 0 aliphatic heterocycles. The van der Waals surface area contributed by atoms with Crippen LogP contribution < -0.4 is 0 Å². The Bertz CT molecular complexity index is 235. The Hall–Kier alpha value is 0. The van der Waals surface area contributed by atoms with Crippen LogP contribution in [0.4, 0.5) is 0 Å². The maximum atomic E-state index is 2.37. The van der Waals surface area contributed by atoms with Crippen LogP contribution in [0.2, 0.25) is 0 Å². The molecule has 3 aliphatic rings. The fourth-order valence-electron chi connectivity index (χ4n) is 5.76. The van der Waals surface area contributed by atoms with Crippen molar-refractivity contribution in [1.82, 2.24) is 0 Å². The number of hydrogen-bond donors (Lipinski definition) is 0. The molecule has 18 heavy (non-hydrogen) atoms. The van der Waals surface area contributed by atoms with Gasteiger partial charge in [0.25, 0.3) is 0 Å². The minimum Gasteiger partial charge on any atom is -0.0654 e. The van der Waals surface area contributed by atoms with Crippen molar-refractivity contribution in [2.45, 2.75) is 84.0 Å². The molecule has 3 aliphatic carbocycles. The van der Waals surface area contributed by atoms with Gasteiger partial charge in [0, 0.05) is 0 Å². The zero-order valence-corrected chi connectivity index (χ0v) is 12.4. The largest absolute Gasteiger partial charge is 0.0654 e. The van der Waals surface area contributed by atoms with Crippen LogP contribution in [0, 0.1) is 29.6 Å². The average Bonchev–Trinajstić information content (AvgIpc) is 2.43. The first-order valence-electron chi connectivity index (χ1n) is 8.90. The molecule has 3 fully saturated rings. The third kappa shape index (κ3) is 2.49. The third-order valence-electron chi connectivity index (χ3n) is 6.53. The van der Waals surface area contributed by atoms with Gasteiger partial charge in [-0.2, -0.15) is 0 Å². The van der Waals surface area contributed by atoms with E-state index in [4.69, 9.17) is 0 Å². The maximum Gasteiger partial charge on any atom is -0.0352 e. The van der Waals surface area contributed by atoms with Crippen molar-refractivity contribution in [3.63, 3.8) is 0 Å². The molecule has 0 nitrogen and oxygen atoms in total. The lowest BCUT2D eigenvalue weighted by molar-refractivity contribution is -0.0159. The van der Waals surface area contributed by atoms with Gasteiger partial charge in [-0.15, -0.1) is 0 Å². The van der Waals surface area contributed by atoms with Gasteiger partial charge in [-0.05, 0) is 55.3 Å². The molecule has 3 rings (SSSR count). The summed E-state index contributed by atoms with van der Waals surface area (Å²) in [5, 5.41) is 0. The van der Waals surface area contributed by atoms with Crippen LogP contribution in [0.25, 0.3) is 0 Å². The molecule has 0 heteroatoms. The predicted molar refractivity (Wildman–Crippen MR) is 78.5 cm³/mol. The third-order valence-corrected chi connectivity index (χ3v) is 6.53. The highest BCUT2D eigenvalue weighted by molar-refractivity contribution is 4.94. The van der Waals surface area contributed by atoms with Gasteiger partial charge in [0.05, 0.1) is 0 Å². The molecule has 0 aromatic rings. The summed E-state index contributed by atoms with van der Waals surface area (Å²) in [5.41, 5.74) is 0. The van der Waals surface area contributed by atoms with Gasteiger partial charge in [0.15, 0.2) is 0 Å². The second-order valence-electron chi connectivity index (χ2n) is 7.46. The van der Waals surface area contributed by atoms with Crippen molar-refractivity contribution < 1.29 is 0 Å². The average molecular weight is 248 g/mol. The lowest BCUT2D eigenvalue weighted by atomic mass is 9.54. The zero-order chi connectivity index (χ0) is 12.4. The van der Waals surface area contributed by atoms with Crippen molar-refractivity contribution >= 4 is 0 Å². The highest BCUT2D eigenvalue weighted by atomic mass is 14.5. The molecule has 0 radical (unpaired) electrons. The Morgan fingerprint density at radius 3 is 1.89 bits per heavy atom. The number of rotatable bonds is 3. The van der Waals surface area contributed by atoms with Crippen molar-refractivity contribution in [3.05, 3.63) is 0 Å². The first-order valence-corrected chi connectivity index (χ1v) is 8.90. The molecule has 4 atom stereocenters. The van der Waals surface area contributed by atoms with E-state index in [1.54, 1.807) is 64.2 Å². The lowest BCUT2D eigenvalue weighted by Crippen LogP contribution is -2.42. The summed E-state index contributed by atoms with van der Waals surface area (Å²) in [7, 11) is 0. The van der Waals surface area contributed by atoms with Crippen molar-refractivity contribution in [3.8, 4) is 0 Å². The van der Waals surface area contributed by atoms with Crippen LogP contribution in [-0.2, 0) is 0 Å². The fraction of sp³-hybridized carbons (Fsp3) is 1.00. The van der Waals surface area contributed by atoms with Crippen molar-refractivity contribution in [2.24, 2.45) is 29.6 Å². The highest BCUT2D eigenvalue weighted by Gasteiger charge is 2.44. The predicted octanol–water partition coefficient (Wildman–Crippen LogP) is 5.81. The number of fused-ring (bicyclic) bond motifs is 2. The molecule has 0 amide bonds. The molecule has 3 saturated carbocycles. The van der Waals surface area contributed by atoms with Gasteiger partial charge in [0.1, 0.15) is 0 Å². The SMILES string of the molecule is CCCCC1C2CCCCC2CC2CCCCC21. The van der Waals surface area contributed by atoms with Gasteiger partial charge in [-0.3, -0.25) is 0 Å². The van der Waals surface area contributed by atoms with Crippen LogP contribution in [-0.4, -0.2) is 0 Å². The Morgan fingerprint density at radius 2 is 1.33 bits per heavy atom. The molecular formula is C18H32. The van der Waals surface area contributed by atoms with Crippen molar-refractivity contribution in [2.75, 3.05) is 0 Å². The van der Waals surface area contributed by atoms with Crippen LogP contribution in [0.3, 0.4) is 0 Å². The molecule has 104 valence electrons. The summed E-state index contributed by atoms with van der Waals surface area (Å²) < 4.78 is 0. The van der Waals surface area contributed by atoms with E-state index >= 15 is 0 Å². The van der Waals surface area contributed by atoms with E-state index in [1.807, 2.05) is 0 Å². The van der Waals surface area contributed by atoms with E-state index in [9.17, 15) is 0 Å². The summed E-state index contributed by atoms with van der Waals surface area (Å²) in [5.74, 6) is 5.70. The molecule has 0 spiro atoms. The monoisotopic (exact) mass is 248 g/mol. The fourth-order valence-corrected chi connectivity index (χ4v) is 5.76. The van der Waals surface area contributed by atoms with Crippen LogP contribution >= 0.6 is 0 Å². The second-order valence-corrected chi connectivity index (χ2v) is 7.46. The maximum absolute atomic E-state index is 2.37. The van der Waals surface area contributed by atoms with Gasteiger partial charge in [-0.25, -0.2) is 0 Å². The summed E-state index contributed by atoms with van der Waals surface area (Å²) in [6.07, 6.45) is 18.6. The van der Waals surface area contributed by atoms with E-state index < -0.39 is 0 Å². The smallest absolute Gasteiger partial charge is 0.0352 e. The van der Waals surface area contributed by atoms with E-state index in [0.717, 1.165) is 29.6 Å². The number of hydrogen-bond acceptors (Lipinski definition) is 0. The minimum absolute atomic E-state index is 1.13. The molecule has 0 aromatic heterocycles. The van der Waals surface area contributed by atoms with Gasteiger partial charge in [-0.1, -0.05) is 58.3 Å². The van der Waals surface area contributed by atoms with Crippen LogP contribution in [0.5, 0.6) is 0 Å². The Balaban J connectivity index is 1.74. The molecule has 4 unspecified atom stereocenters. The van der Waals surface area contributed by atoms with E-state index in [1.165, 1.54) is 12.8 Å². The summed E-state index contributed by atoms with van der Waals surface area (Å²) in [4.78, 5) is 0. The first kappa shape index (κ1) is 13.0. The molecule has 0 N–H and O–H groups in total. The van der Waals surface area contributed by atoms with Gasteiger partial charge >= 0.3 is 0 Å². The summed E-state index contributed by atoms with van der Waals surface area (Å²) in [6.45, 7) is 2.37. The molecule has 0 saturated heterocycles. The summed E-state index contributed by atoms with van der Waals surface area (Å²) in [6, 6.07) is 0. The zero-order valence-electron chi connectivity index (χ0n) is 12.4. The van der Waals surface area contributed by atoms with E-state index in [-0.39, 0.29) is 0 Å².